The Morgan fingerprint density at radius 3 is 2.63 bits per heavy atom. The molecule has 3 aliphatic rings. The quantitative estimate of drug-likeness (QED) is 0.759. The van der Waals surface area contributed by atoms with Crippen molar-refractivity contribution in [3.05, 3.63) is 48.0 Å². The minimum atomic E-state index is -0.656. The first-order chi connectivity index (χ1) is 14.6. The average Bonchev–Trinajstić information content (AvgIpc) is 2.78. The van der Waals surface area contributed by atoms with E-state index < -0.39 is 11.7 Å². The standard InChI is InChI=1S/C23H23NO6/c1-27-15-6-7-18-16(12-15)17(25)13-23(30-18)8-10-24(11-9-23)22(26)21-14-28-19-4-2-3-5-20(19)29-21/h2-7,12,21H,8-11,13-14H2,1H3. The lowest BCUT2D eigenvalue weighted by atomic mass is 9.82. The molecule has 0 radical (unpaired) electrons. The maximum absolute atomic E-state index is 13.0. The molecule has 156 valence electrons. The highest BCUT2D eigenvalue weighted by atomic mass is 16.6. The molecule has 7 heteroatoms. The van der Waals surface area contributed by atoms with Crippen molar-refractivity contribution in [2.75, 3.05) is 26.8 Å². The zero-order valence-corrected chi connectivity index (χ0v) is 16.8. The highest BCUT2D eigenvalue weighted by Crippen LogP contribution is 2.41. The zero-order valence-electron chi connectivity index (χ0n) is 16.8. The van der Waals surface area contributed by atoms with Crippen molar-refractivity contribution in [1.29, 1.82) is 0 Å². The Balaban J connectivity index is 1.25. The Bertz CT molecular complexity index is 995. The van der Waals surface area contributed by atoms with Gasteiger partial charge in [-0.15, -0.1) is 0 Å². The summed E-state index contributed by atoms with van der Waals surface area (Å²) in [5, 5.41) is 0. The topological polar surface area (TPSA) is 74.3 Å². The summed E-state index contributed by atoms with van der Waals surface area (Å²) in [7, 11) is 1.57. The number of ether oxygens (including phenoxy) is 4. The first-order valence-corrected chi connectivity index (χ1v) is 10.1. The van der Waals surface area contributed by atoms with Crippen LogP contribution in [0.4, 0.5) is 0 Å². The first-order valence-electron chi connectivity index (χ1n) is 10.1. The van der Waals surface area contributed by atoms with Crippen LogP contribution in [0.3, 0.4) is 0 Å². The second-order valence-corrected chi connectivity index (χ2v) is 7.94. The molecule has 0 aliphatic carbocycles. The second kappa shape index (κ2) is 7.23. The summed E-state index contributed by atoms with van der Waals surface area (Å²) in [6, 6.07) is 12.6. The number of carbonyl (C=O) groups excluding carboxylic acids is 2. The van der Waals surface area contributed by atoms with E-state index in [9.17, 15) is 9.59 Å². The summed E-state index contributed by atoms with van der Waals surface area (Å²) in [4.78, 5) is 27.5. The van der Waals surface area contributed by atoms with Crippen molar-refractivity contribution in [3.8, 4) is 23.0 Å². The number of amides is 1. The van der Waals surface area contributed by atoms with E-state index in [0.717, 1.165) is 0 Å². The third-order valence-corrected chi connectivity index (χ3v) is 6.07. The molecule has 0 saturated carbocycles. The molecule has 7 nitrogen and oxygen atoms in total. The smallest absolute Gasteiger partial charge is 0.267 e. The Morgan fingerprint density at radius 1 is 1.10 bits per heavy atom. The van der Waals surface area contributed by atoms with Crippen molar-refractivity contribution < 1.29 is 28.5 Å². The third kappa shape index (κ3) is 3.24. The van der Waals surface area contributed by atoms with Crippen LogP contribution in [0.25, 0.3) is 0 Å². The Hall–Kier alpha value is -3.22. The van der Waals surface area contributed by atoms with Crippen molar-refractivity contribution in [1.82, 2.24) is 4.90 Å². The number of benzene rings is 2. The van der Waals surface area contributed by atoms with Gasteiger partial charge in [0.1, 0.15) is 23.7 Å². The molecule has 0 bridgehead atoms. The number of likely N-dealkylation sites (tertiary alicyclic amines) is 1. The van der Waals surface area contributed by atoms with Crippen LogP contribution in [0.15, 0.2) is 42.5 Å². The monoisotopic (exact) mass is 409 g/mol. The second-order valence-electron chi connectivity index (χ2n) is 7.94. The summed E-state index contributed by atoms with van der Waals surface area (Å²) >= 11 is 0. The largest absolute Gasteiger partial charge is 0.497 e. The Morgan fingerprint density at radius 2 is 1.87 bits per heavy atom. The maximum Gasteiger partial charge on any atom is 0.267 e. The number of piperidine rings is 1. The number of rotatable bonds is 2. The predicted octanol–water partition coefficient (Wildman–Crippen LogP) is 2.86. The normalized spacial score (nSPS) is 21.6. The van der Waals surface area contributed by atoms with Crippen LogP contribution in [-0.2, 0) is 4.79 Å². The van der Waals surface area contributed by atoms with Gasteiger partial charge in [-0.2, -0.15) is 0 Å². The van der Waals surface area contributed by atoms with Gasteiger partial charge in [0.25, 0.3) is 5.91 Å². The van der Waals surface area contributed by atoms with Gasteiger partial charge in [-0.3, -0.25) is 9.59 Å². The van der Waals surface area contributed by atoms with E-state index in [4.69, 9.17) is 18.9 Å². The molecule has 0 N–H and O–H groups in total. The van der Waals surface area contributed by atoms with E-state index in [1.165, 1.54) is 0 Å². The molecule has 1 spiro atoms. The number of hydrogen-bond acceptors (Lipinski definition) is 6. The molecule has 3 heterocycles. The number of nitrogens with zero attached hydrogens (tertiary/aromatic N) is 1. The van der Waals surface area contributed by atoms with E-state index in [0.29, 0.717) is 60.9 Å². The number of ketones is 1. The van der Waals surface area contributed by atoms with Gasteiger partial charge in [0.2, 0.25) is 6.10 Å². The van der Waals surface area contributed by atoms with Crippen LogP contribution in [0.5, 0.6) is 23.0 Å². The van der Waals surface area contributed by atoms with Gasteiger partial charge in [-0.25, -0.2) is 0 Å². The summed E-state index contributed by atoms with van der Waals surface area (Å²) in [5.74, 6) is 2.43. The summed E-state index contributed by atoms with van der Waals surface area (Å²) < 4.78 is 23.0. The third-order valence-electron chi connectivity index (χ3n) is 6.07. The first kappa shape index (κ1) is 18.8. The van der Waals surface area contributed by atoms with Gasteiger partial charge < -0.3 is 23.8 Å². The van der Waals surface area contributed by atoms with E-state index in [-0.39, 0.29) is 18.3 Å². The number of Topliss-reactive ketones (excluding diaryl/α,β-unsaturated/α-hetero) is 1. The van der Waals surface area contributed by atoms with Crippen LogP contribution >= 0.6 is 0 Å². The molecule has 1 atom stereocenters. The molecule has 2 aromatic rings. The molecular weight excluding hydrogens is 386 g/mol. The van der Waals surface area contributed by atoms with Crippen molar-refractivity contribution in [2.45, 2.75) is 31.0 Å². The molecule has 3 aliphatic heterocycles. The van der Waals surface area contributed by atoms with Crippen molar-refractivity contribution in [2.24, 2.45) is 0 Å². The van der Waals surface area contributed by atoms with E-state index in [1.807, 2.05) is 18.2 Å². The number of fused-ring (bicyclic) bond motifs is 2. The molecule has 1 unspecified atom stereocenters. The number of hydrogen-bond donors (Lipinski definition) is 0. The average molecular weight is 409 g/mol. The van der Waals surface area contributed by atoms with E-state index >= 15 is 0 Å². The number of para-hydroxylation sites is 2. The minimum Gasteiger partial charge on any atom is -0.497 e. The van der Waals surface area contributed by atoms with Gasteiger partial charge in [0.05, 0.1) is 19.1 Å². The van der Waals surface area contributed by atoms with E-state index in [1.54, 1.807) is 36.3 Å². The number of carbonyl (C=O) groups is 2. The molecule has 0 aromatic heterocycles. The summed E-state index contributed by atoms with van der Waals surface area (Å²) in [6.45, 7) is 1.22. The van der Waals surface area contributed by atoms with Crippen LogP contribution in [0.2, 0.25) is 0 Å². The molecule has 1 saturated heterocycles. The predicted molar refractivity (Wildman–Crippen MR) is 107 cm³/mol. The Labute approximate surface area is 174 Å². The maximum atomic E-state index is 13.0. The summed E-state index contributed by atoms with van der Waals surface area (Å²) in [6.07, 6.45) is 0.849. The van der Waals surface area contributed by atoms with Crippen LogP contribution in [-0.4, -0.2) is 55.1 Å². The van der Waals surface area contributed by atoms with Crippen LogP contribution < -0.4 is 18.9 Å². The van der Waals surface area contributed by atoms with Gasteiger partial charge in [-0.1, -0.05) is 12.1 Å². The molecule has 1 fully saturated rings. The lowest BCUT2D eigenvalue weighted by Crippen LogP contribution is -2.55. The SMILES string of the molecule is COc1ccc2c(c1)C(=O)CC1(CCN(C(=O)C3COc4ccccc4O3)CC1)O2. The molecule has 5 rings (SSSR count). The Kier molecular flexibility index (Phi) is 4.53. The van der Waals surface area contributed by atoms with E-state index in [2.05, 4.69) is 0 Å². The van der Waals surface area contributed by atoms with Gasteiger partial charge in [-0.05, 0) is 30.3 Å². The highest BCUT2D eigenvalue weighted by molar-refractivity contribution is 6.00. The fraction of sp³-hybridized carbons (Fsp3) is 0.391. The molecule has 30 heavy (non-hydrogen) atoms. The number of methoxy groups -OCH3 is 1. The lowest BCUT2D eigenvalue weighted by molar-refractivity contribution is -0.144. The van der Waals surface area contributed by atoms with Crippen LogP contribution in [0, 0.1) is 0 Å². The van der Waals surface area contributed by atoms with Crippen molar-refractivity contribution >= 4 is 11.7 Å². The summed E-state index contributed by atoms with van der Waals surface area (Å²) in [5.41, 5.74) is -0.00343. The molecule has 1 amide bonds. The minimum absolute atomic E-state index is 0.0514. The van der Waals surface area contributed by atoms with Gasteiger partial charge >= 0.3 is 0 Å². The van der Waals surface area contributed by atoms with Gasteiger partial charge in [0, 0.05) is 25.9 Å². The fourth-order valence-electron chi connectivity index (χ4n) is 4.36. The van der Waals surface area contributed by atoms with Crippen molar-refractivity contribution in [3.63, 3.8) is 0 Å². The molecule has 2 aromatic carbocycles. The molecular formula is C23H23NO6. The fourth-order valence-corrected chi connectivity index (χ4v) is 4.36. The van der Waals surface area contributed by atoms with Gasteiger partial charge in [0.15, 0.2) is 17.3 Å². The highest BCUT2D eigenvalue weighted by Gasteiger charge is 2.45. The lowest BCUT2D eigenvalue weighted by Gasteiger charge is -2.44. The van der Waals surface area contributed by atoms with Crippen LogP contribution in [0.1, 0.15) is 29.6 Å². The zero-order chi connectivity index (χ0) is 20.7.